The summed E-state index contributed by atoms with van der Waals surface area (Å²) in [5.74, 6) is 0.918. The molecule has 4 aromatic rings. The predicted octanol–water partition coefficient (Wildman–Crippen LogP) is 3.29. The highest BCUT2D eigenvalue weighted by Crippen LogP contribution is 2.21. The van der Waals surface area contributed by atoms with E-state index in [0.717, 1.165) is 11.3 Å². The molecule has 0 bridgehead atoms. The first kappa shape index (κ1) is 17.6. The van der Waals surface area contributed by atoms with Crippen molar-refractivity contribution in [3.63, 3.8) is 0 Å². The lowest BCUT2D eigenvalue weighted by molar-refractivity contribution is 0.0940. The van der Waals surface area contributed by atoms with Gasteiger partial charge >= 0.3 is 0 Å². The molecule has 0 radical (unpaired) electrons. The van der Waals surface area contributed by atoms with Crippen LogP contribution in [0.5, 0.6) is 11.5 Å². The Morgan fingerprint density at radius 2 is 1.75 bits per heavy atom. The zero-order chi connectivity index (χ0) is 19.5. The molecule has 0 saturated carbocycles. The largest absolute Gasteiger partial charge is 0.457 e. The second-order valence-corrected chi connectivity index (χ2v) is 6.12. The fraction of sp³-hybridized carbons (Fsp3) is 0.100. The zero-order valence-corrected chi connectivity index (χ0v) is 15.0. The summed E-state index contributed by atoms with van der Waals surface area (Å²) in [4.78, 5) is 20.5. The molecule has 1 N–H and O–H groups in total. The van der Waals surface area contributed by atoms with Crippen LogP contribution >= 0.6 is 0 Å². The van der Waals surface area contributed by atoms with Crippen LogP contribution in [0.15, 0.2) is 60.8 Å². The van der Waals surface area contributed by atoms with E-state index in [1.807, 2.05) is 19.1 Å². The van der Waals surface area contributed by atoms with E-state index in [9.17, 15) is 9.18 Å². The Kier molecular flexibility index (Phi) is 4.67. The quantitative estimate of drug-likeness (QED) is 0.577. The Morgan fingerprint density at radius 1 is 1.07 bits per heavy atom. The number of amides is 1. The second kappa shape index (κ2) is 7.43. The Morgan fingerprint density at radius 3 is 2.43 bits per heavy atom. The van der Waals surface area contributed by atoms with Crippen LogP contribution in [-0.4, -0.2) is 25.5 Å². The molecule has 7 nitrogen and oxygen atoms in total. The lowest BCUT2D eigenvalue weighted by Crippen LogP contribution is -2.24. The topological polar surface area (TPSA) is 81.4 Å². The average Bonchev–Trinajstić information content (AvgIpc) is 3.15. The molecular formula is C20H16FN5O2. The van der Waals surface area contributed by atoms with Crippen LogP contribution in [0, 0.1) is 12.7 Å². The first-order chi connectivity index (χ1) is 13.6. The van der Waals surface area contributed by atoms with Crippen molar-refractivity contribution in [3.8, 4) is 11.5 Å². The number of aryl methyl sites for hydroxylation is 1. The van der Waals surface area contributed by atoms with Gasteiger partial charge in [0.05, 0.1) is 0 Å². The number of nitrogens with zero attached hydrogens (tertiary/aromatic N) is 4. The summed E-state index contributed by atoms with van der Waals surface area (Å²) in [6.45, 7) is 2.18. The summed E-state index contributed by atoms with van der Waals surface area (Å²) in [5, 5.41) is 6.96. The summed E-state index contributed by atoms with van der Waals surface area (Å²) < 4.78 is 20.1. The molecule has 0 fully saturated rings. The van der Waals surface area contributed by atoms with Crippen LogP contribution in [0.4, 0.5) is 4.39 Å². The maximum absolute atomic E-state index is 12.9. The lowest BCUT2D eigenvalue weighted by Gasteiger charge is -2.07. The third-order valence-corrected chi connectivity index (χ3v) is 4.06. The monoisotopic (exact) mass is 377 g/mol. The number of carbonyl (C=O) groups is 1. The molecule has 0 saturated heterocycles. The van der Waals surface area contributed by atoms with Crippen molar-refractivity contribution in [1.82, 2.24) is 24.9 Å². The van der Waals surface area contributed by atoms with Crippen molar-refractivity contribution >= 4 is 11.7 Å². The van der Waals surface area contributed by atoms with Gasteiger partial charge in [0, 0.05) is 18.4 Å². The van der Waals surface area contributed by atoms with E-state index in [4.69, 9.17) is 4.74 Å². The van der Waals surface area contributed by atoms with Gasteiger partial charge in [-0.2, -0.15) is 4.98 Å². The van der Waals surface area contributed by atoms with Crippen LogP contribution in [0.3, 0.4) is 0 Å². The second-order valence-electron chi connectivity index (χ2n) is 6.12. The number of rotatable bonds is 5. The zero-order valence-electron chi connectivity index (χ0n) is 15.0. The highest BCUT2D eigenvalue weighted by atomic mass is 19.1. The summed E-state index contributed by atoms with van der Waals surface area (Å²) in [6.07, 6.45) is 1.62. The minimum Gasteiger partial charge on any atom is -0.457 e. The third kappa shape index (κ3) is 3.80. The first-order valence-corrected chi connectivity index (χ1v) is 8.57. The summed E-state index contributed by atoms with van der Waals surface area (Å²) in [7, 11) is 0. The molecular weight excluding hydrogens is 361 g/mol. The Hall–Kier alpha value is -3.81. The van der Waals surface area contributed by atoms with Gasteiger partial charge in [-0.3, -0.25) is 4.79 Å². The van der Waals surface area contributed by atoms with Gasteiger partial charge in [0.15, 0.2) is 0 Å². The molecule has 140 valence electrons. The maximum Gasteiger partial charge on any atom is 0.291 e. The van der Waals surface area contributed by atoms with Crippen molar-refractivity contribution in [2.45, 2.75) is 13.5 Å². The summed E-state index contributed by atoms with van der Waals surface area (Å²) in [5.41, 5.74) is 1.73. The lowest BCUT2D eigenvalue weighted by atomic mass is 10.2. The number of aromatic nitrogens is 4. The van der Waals surface area contributed by atoms with Crippen LogP contribution in [0.2, 0.25) is 0 Å². The molecule has 2 aromatic heterocycles. The number of nitrogens with one attached hydrogen (secondary N) is 1. The highest BCUT2D eigenvalue weighted by Gasteiger charge is 2.14. The van der Waals surface area contributed by atoms with Crippen molar-refractivity contribution in [2.24, 2.45) is 0 Å². The molecule has 8 heteroatoms. The minimum atomic E-state index is -0.378. The van der Waals surface area contributed by atoms with Gasteiger partial charge in [0.2, 0.25) is 5.82 Å². The van der Waals surface area contributed by atoms with E-state index in [2.05, 4.69) is 20.4 Å². The van der Waals surface area contributed by atoms with E-state index in [0.29, 0.717) is 23.8 Å². The summed E-state index contributed by atoms with van der Waals surface area (Å²) in [6, 6.07) is 14.8. The van der Waals surface area contributed by atoms with Crippen molar-refractivity contribution < 1.29 is 13.9 Å². The van der Waals surface area contributed by atoms with Gasteiger partial charge in [-0.25, -0.2) is 13.9 Å². The van der Waals surface area contributed by atoms with E-state index in [-0.39, 0.29) is 17.5 Å². The number of hydrogen-bond donors (Lipinski definition) is 1. The van der Waals surface area contributed by atoms with Gasteiger partial charge < -0.3 is 10.1 Å². The molecule has 0 aliphatic carbocycles. The maximum atomic E-state index is 12.9. The Bertz CT molecular complexity index is 1120. The van der Waals surface area contributed by atoms with Gasteiger partial charge in [0.1, 0.15) is 17.3 Å². The predicted molar refractivity (Wildman–Crippen MR) is 99.6 cm³/mol. The summed E-state index contributed by atoms with van der Waals surface area (Å²) >= 11 is 0. The van der Waals surface area contributed by atoms with E-state index >= 15 is 0 Å². The highest BCUT2D eigenvalue weighted by molar-refractivity contribution is 5.90. The van der Waals surface area contributed by atoms with Crippen LogP contribution in [-0.2, 0) is 6.54 Å². The van der Waals surface area contributed by atoms with Crippen LogP contribution in [0.1, 0.15) is 21.9 Å². The molecule has 2 aromatic carbocycles. The van der Waals surface area contributed by atoms with Gasteiger partial charge in [0.25, 0.3) is 11.7 Å². The SMILES string of the molecule is Cc1ccnc2nc(C(=O)NCc3ccc(Oc4ccc(F)cc4)cc3)nn12. The molecule has 0 aliphatic rings. The van der Waals surface area contributed by atoms with Crippen LogP contribution in [0.25, 0.3) is 5.78 Å². The van der Waals surface area contributed by atoms with Gasteiger partial charge in [-0.1, -0.05) is 12.1 Å². The van der Waals surface area contributed by atoms with E-state index in [1.54, 1.807) is 36.5 Å². The van der Waals surface area contributed by atoms with Gasteiger partial charge in [-0.05, 0) is 55.0 Å². The minimum absolute atomic E-state index is 0.0677. The molecule has 2 heterocycles. The van der Waals surface area contributed by atoms with Gasteiger partial charge in [-0.15, -0.1) is 5.10 Å². The molecule has 0 aliphatic heterocycles. The van der Waals surface area contributed by atoms with Crippen LogP contribution < -0.4 is 10.1 Å². The number of halogens is 1. The molecule has 28 heavy (non-hydrogen) atoms. The fourth-order valence-corrected chi connectivity index (χ4v) is 2.58. The Balaban J connectivity index is 1.38. The molecule has 0 unspecified atom stereocenters. The first-order valence-electron chi connectivity index (χ1n) is 8.57. The van der Waals surface area contributed by atoms with E-state index < -0.39 is 0 Å². The Labute approximate surface area is 159 Å². The van der Waals surface area contributed by atoms with Crippen molar-refractivity contribution in [1.29, 1.82) is 0 Å². The number of carbonyl (C=O) groups excluding carboxylic acids is 1. The molecule has 4 rings (SSSR count). The fourth-order valence-electron chi connectivity index (χ4n) is 2.58. The molecule has 1 amide bonds. The third-order valence-electron chi connectivity index (χ3n) is 4.06. The normalized spacial score (nSPS) is 10.8. The number of ether oxygens (including phenoxy) is 1. The van der Waals surface area contributed by atoms with Crippen molar-refractivity contribution in [3.05, 3.63) is 83.7 Å². The van der Waals surface area contributed by atoms with Crippen molar-refractivity contribution in [2.75, 3.05) is 0 Å². The number of hydrogen-bond acceptors (Lipinski definition) is 5. The average molecular weight is 377 g/mol. The smallest absolute Gasteiger partial charge is 0.291 e. The standard InChI is InChI=1S/C20H16FN5O2/c1-13-10-11-22-20-24-18(25-26(13)20)19(27)23-12-14-2-6-16(7-3-14)28-17-8-4-15(21)5-9-17/h2-11H,12H2,1H3,(H,23,27). The van der Waals surface area contributed by atoms with E-state index in [1.165, 1.54) is 16.6 Å². The molecule has 0 spiro atoms. The number of benzene rings is 2. The number of fused-ring (bicyclic) bond motifs is 1. The molecule has 0 atom stereocenters.